The van der Waals surface area contributed by atoms with E-state index in [9.17, 15) is 18.5 Å². The molecule has 2 aromatic carbocycles. The van der Waals surface area contributed by atoms with Crippen molar-refractivity contribution < 1.29 is 13.3 Å². The third-order valence-electron chi connectivity index (χ3n) is 3.79. The van der Waals surface area contributed by atoms with Gasteiger partial charge >= 0.3 is 0 Å². The van der Waals surface area contributed by atoms with Gasteiger partial charge in [0, 0.05) is 22.0 Å². The minimum atomic E-state index is -4.19. The molecule has 3 aromatic rings. The van der Waals surface area contributed by atoms with Gasteiger partial charge in [-0.2, -0.15) is 0 Å². The fourth-order valence-electron chi connectivity index (χ4n) is 2.58. The fourth-order valence-corrected chi connectivity index (χ4v) is 4.86. The highest BCUT2D eigenvalue weighted by molar-refractivity contribution is 7.93. The number of nitrogens with one attached hydrogen (secondary N) is 1. The summed E-state index contributed by atoms with van der Waals surface area (Å²) in [5.41, 5.74) is 3.05. The Balaban J connectivity index is 1.94. The molecule has 0 aliphatic carbocycles. The monoisotopic (exact) mass is 423 g/mol. The van der Waals surface area contributed by atoms with Crippen molar-refractivity contribution in [2.45, 2.75) is 18.7 Å². The lowest BCUT2D eigenvalue weighted by atomic mass is 10.0. The topological polar surface area (TPSA) is 102 Å². The summed E-state index contributed by atoms with van der Waals surface area (Å²) in [5, 5.41) is 13.1. The van der Waals surface area contributed by atoms with E-state index in [-0.39, 0.29) is 10.2 Å². The molecule has 0 saturated carbocycles. The third kappa shape index (κ3) is 4.10. The van der Waals surface area contributed by atoms with Gasteiger partial charge in [0.2, 0.25) is 0 Å². The quantitative estimate of drug-likeness (QED) is 0.469. The lowest BCUT2D eigenvalue weighted by molar-refractivity contribution is -0.387. The first kappa shape index (κ1) is 19.3. The van der Waals surface area contributed by atoms with Crippen molar-refractivity contribution in [1.82, 2.24) is 4.98 Å². The molecule has 0 saturated heterocycles. The van der Waals surface area contributed by atoms with Crippen LogP contribution in [0.25, 0.3) is 11.3 Å². The van der Waals surface area contributed by atoms with Gasteiger partial charge in [-0.1, -0.05) is 35.4 Å². The number of benzene rings is 2. The van der Waals surface area contributed by atoms with Crippen LogP contribution >= 0.6 is 22.9 Å². The highest BCUT2D eigenvalue weighted by atomic mass is 35.5. The molecule has 0 spiro atoms. The van der Waals surface area contributed by atoms with Crippen LogP contribution in [0.4, 0.5) is 10.8 Å². The van der Waals surface area contributed by atoms with Gasteiger partial charge in [0.25, 0.3) is 15.7 Å². The van der Waals surface area contributed by atoms with Gasteiger partial charge in [0.05, 0.1) is 10.6 Å². The average Bonchev–Trinajstić information content (AvgIpc) is 3.01. The summed E-state index contributed by atoms with van der Waals surface area (Å²) >= 11 is 6.84. The van der Waals surface area contributed by atoms with Crippen LogP contribution in [-0.2, 0) is 10.0 Å². The van der Waals surface area contributed by atoms with Crippen molar-refractivity contribution in [3.63, 3.8) is 0 Å². The Bertz CT molecular complexity index is 1140. The molecular weight excluding hydrogens is 410 g/mol. The Morgan fingerprint density at radius 3 is 2.59 bits per heavy atom. The Labute approximate surface area is 164 Å². The molecule has 7 nitrogen and oxygen atoms in total. The van der Waals surface area contributed by atoms with Crippen LogP contribution in [0.5, 0.6) is 0 Å². The van der Waals surface area contributed by atoms with Crippen LogP contribution < -0.4 is 4.72 Å². The molecule has 0 aliphatic rings. The number of aryl methyl sites for hydroxylation is 2. The smallest absolute Gasteiger partial charge is 0.258 e. The zero-order chi connectivity index (χ0) is 19.8. The van der Waals surface area contributed by atoms with E-state index in [2.05, 4.69) is 9.71 Å². The molecule has 0 radical (unpaired) electrons. The first-order valence-electron chi connectivity index (χ1n) is 7.67. The average molecular weight is 424 g/mol. The summed E-state index contributed by atoms with van der Waals surface area (Å²) in [6.07, 6.45) is 0. The lowest BCUT2D eigenvalue weighted by Crippen LogP contribution is -2.14. The summed E-state index contributed by atoms with van der Waals surface area (Å²) in [6.45, 7) is 3.93. The van der Waals surface area contributed by atoms with Gasteiger partial charge in [0.1, 0.15) is 0 Å². The number of hydrogen-bond acceptors (Lipinski definition) is 6. The van der Waals surface area contributed by atoms with Crippen LogP contribution in [0.1, 0.15) is 11.1 Å². The molecule has 140 valence electrons. The highest BCUT2D eigenvalue weighted by Gasteiger charge is 2.27. The van der Waals surface area contributed by atoms with Crippen molar-refractivity contribution >= 4 is 43.8 Å². The van der Waals surface area contributed by atoms with Gasteiger partial charge in [-0.05, 0) is 31.5 Å². The molecule has 0 unspecified atom stereocenters. The number of sulfonamides is 1. The number of thiazole rings is 1. The second-order valence-electron chi connectivity index (χ2n) is 5.83. The molecule has 10 heteroatoms. The Kier molecular flexibility index (Phi) is 5.18. The summed E-state index contributed by atoms with van der Waals surface area (Å²) < 4.78 is 27.5. The van der Waals surface area contributed by atoms with Crippen LogP contribution in [-0.4, -0.2) is 18.3 Å². The number of halogens is 1. The molecule has 1 aromatic heterocycles. The van der Waals surface area contributed by atoms with Gasteiger partial charge in [0.15, 0.2) is 10.0 Å². The molecular formula is C17H14ClN3O4S2. The van der Waals surface area contributed by atoms with Crippen LogP contribution in [0.15, 0.2) is 46.7 Å². The zero-order valence-corrected chi connectivity index (χ0v) is 16.7. The molecule has 27 heavy (non-hydrogen) atoms. The maximum atomic E-state index is 12.6. The van der Waals surface area contributed by atoms with E-state index >= 15 is 0 Å². The molecule has 0 fully saturated rings. The first-order chi connectivity index (χ1) is 12.7. The van der Waals surface area contributed by atoms with Crippen molar-refractivity contribution in [2.75, 3.05) is 4.72 Å². The molecule has 1 heterocycles. The Morgan fingerprint density at radius 2 is 1.93 bits per heavy atom. The second-order valence-corrected chi connectivity index (χ2v) is 8.78. The van der Waals surface area contributed by atoms with E-state index in [4.69, 9.17) is 11.6 Å². The number of rotatable bonds is 5. The number of nitrogens with zero attached hydrogens (tertiary/aromatic N) is 2. The van der Waals surface area contributed by atoms with Gasteiger partial charge < -0.3 is 0 Å². The normalized spacial score (nSPS) is 11.4. The van der Waals surface area contributed by atoms with E-state index in [1.807, 2.05) is 32.0 Å². The van der Waals surface area contributed by atoms with Gasteiger partial charge in [-0.15, -0.1) is 11.3 Å². The molecule has 0 amide bonds. The maximum absolute atomic E-state index is 12.6. The highest BCUT2D eigenvalue weighted by Crippen LogP contribution is 2.32. The molecule has 0 bridgehead atoms. The summed E-state index contributed by atoms with van der Waals surface area (Å²) in [4.78, 5) is 14.2. The first-order valence-corrected chi connectivity index (χ1v) is 10.4. The fraction of sp³-hybridized carbons (Fsp3) is 0.118. The van der Waals surface area contributed by atoms with E-state index in [1.165, 1.54) is 6.07 Å². The van der Waals surface area contributed by atoms with Crippen molar-refractivity contribution in [2.24, 2.45) is 0 Å². The second kappa shape index (κ2) is 7.26. The zero-order valence-electron chi connectivity index (χ0n) is 14.3. The standard InChI is InChI=1S/C17H14ClN3O4S2/c1-10-3-5-13(11(2)7-10)14-9-26-17(19-14)20-27(24,25)16-6-4-12(18)8-15(16)21(22)23/h3-9H,1-2H3,(H,19,20). The minimum Gasteiger partial charge on any atom is -0.258 e. The van der Waals surface area contributed by atoms with E-state index < -0.39 is 25.5 Å². The molecule has 0 aliphatic heterocycles. The van der Waals surface area contributed by atoms with E-state index in [0.29, 0.717) is 5.69 Å². The number of anilines is 1. The van der Waals surface area contributed by atoms with Gasteiger partial charge in [-0.3, -0.25) is 14.8 Å². The SMILES string of the molecule is Cc1ccc(-c2csc(NS(=O)(=O)c3ccc(Cl)cc3[N+](=O)[O-])n2)c(C)c1. The largest absolute Gasteiger partial charge is 0.291 e. The molecule has 3 rings (SSSR count). The number of nitro groups is 1. The predicted molar refractivity (Wildman–Crippen MR) is 106 cm³/mol. The predicted octanol–water partition coefficient (Wildman–Crippen LogP) is 4.79. The van der Waals surface area contributed by atoms with Crippen LogP contribution in [0.3, 0.4) is 0 Å². The number of nitro benzene ring substituents is 1. The number of aromatic nitrogens is 1. The molecule has 1 N–H and O–H groups in total. The van der Waals surface area contributed by atoms with E-state index in [1.54, 1.807) is 5.38 Å². The summed E-state index contributed by atoms with van der Waals surface area (Å²) in [7, 11) is -4.19. The Hall–Kier alpha value is -2.49. The van der Waals surface area contributed by atoms with E-state index in [0.717, 1.165) is 40.2 Å². The molecule has 0 atom stereocenters. The van der Waals surface area contributed by atoms with Crippen molar-refractivity contribution in [3.05, 3.63) is 68.0 Å². The Morgan fingerprint density at radius 1 is 1.19 bits per heavy atom. The lowest BCUT2D eigenvalue weighted by Gasteiger charge is -2.06. The maximum Gasteiger partial charge on any atom is 0.291 e. The third-order valence-corrected chi connectivity index (χ3v) is 6.30. The summed E-state index contributed by atoms with van der Waals surface area (Å²) in [6, 6.07) is 9.26. The minimum absolute atomic E-state index is 0.0760. The van der Waals surface area contributed by atoms with Crippen molar-refractivity contribution in [1.29, 1.82) is 0 Å². The van der Waals surface area contributed by atoms with Crippen LogP contribution in [0, 0.1) is 24.0 Å². The summed E-state index contributed by atoms with van der Waals surface area (Å²) in [5.74, 6) is 0. The van der Waals surface area contributed by atoms with Crippen LogP contribution in [0.2, 0.25) is 5.02 Å². The van der Waals surface area contributed by atoms with Crippen molar-refractivity contribution in [3.8, 4) is 11.3 Å². The van der Waals surface area contributed by atoms with Gasteiger partial charge in [-0.25, -0.2) is 13.4 Å². The number of hydrogen-bond donors (Lipinski definition) is 1.